The van der Waals surface area contributed by atoms with Gasteiger partial charge in [-0.05, 0) is 38.7 Å². The molecule has 0 radical (unpaired) electrons. The van der Waals surface area contributed by atoms with E-state index < -0.39 is 8.32 Å². The number of nitrogens with zero attached hydrogens (tertiary/aromatic N) is 3. The Bertz CT molecular complexity index is 1180. The molecule has 6 nitrogen and oxygen atoms in total. The van der Waals surface area contributed by atoms with Gasteiger partial charge in [0.2, 0.25) is 0 Å². The first kappa shape index (κ1) is 29.4. The Labute approximate surface area is 237 Å². The molecular weight excluding hydrogens is 523 g/mol. The molecule has 0 aliphatic carbocycles. The number of azide groups is 1. The summed E-state index contributed by atoms with van der Waals surface area (Å²) in [6, 6.07) is 31.0. The minimum Gasteiger partial charge on any atom is -0.405 e. The zero-order valence-corrected chi connectivity index (χ0v) is 25.3. The Hall–Kier alpha value is -2.58. The van der Waals surface area contributed by atoms with Gasteiger partial charge in [-0.2, -0.15) is 0 Å². The monoisotopic (exact) mass is 561 g/mol. The topological polar surface area (TPSA) is 76.5 Å². The second-order valence-corrected chi connectivity index (χ2v) is 16.3. The normalized spacial score (nSPS) is 23.7. The molecule has 1 fully saturated rings. The summed E-state index contributed by atoms with van der Waals surface area (Å²) in [5.41, 5.74) is 10.1. The Morgan fingerprint density at radius 3 is 1.95 bits per heavy atom. The molecule has 0 N–H and O–H groups in total. The molecule has 0 saturated carbocycles. The molecule has 39 heavy (non-hydrogen) atoms. The van der Waals surface area contributed by atoms with Crippen LogP contribution in [0.3, 0.4) is 0 Å². The van der Waals surface area contributed by atoms with Gasteiger partial charge in [-0.3, -0.25) is 0 Å². The number of ether oxygens (including phenoxy) is 2. The molecule has 1 saturated heterocycles. The van der Waals surface area contributed by atoms with Gasteiger partial charge in [0.05, 0.1) is 25.4 Å². The van der Waals surface area contributed by atoms with Gasteiger partial charge in [-0.25, -0.2) is 0 Å². The first-order chi connectivity index (χ1) is 18.8. The highest BCUT2D eigenvalue weighted by molar-refractivity contribution is 7.99. The maximum absolute atomic E-state index is 9.29. The van der Waals surface area contributed by atoms with Gasteiger partial charge in [0, 0.05) is 4.91 Å². The molecule has 206 valence electrons. The zero-order chi connectivity index (χ0) is 27.9. The smallest absolute Gasteiger partial charge is 0.261 e. The van der Waals surface area contributed by atoms with E-state index in [0.29, 0.717) is 13.2 Å². The second kappa shape index (κ2) is 13.2. The summed E-state index contributed by atoms with van der Waals surface area (Å²) in [6.07, 6.45) is 1.36. The van der Waals surface area contributed by atoms with E-state index in [2.05, 4.69) is 111 Å². The van der Waals surface area contributed by atoms with Gasteiger partial charge >= 0.3 is 0 Å². The SMILES string of the molecule is CSC1OC(CO[Si](c2ccccc2)(c2ccccc2)C(C)(C)C)[C@H](OCc2ccccc2)[C@H](C)[C@@H]1N=[N+]=[N-]. The summed E-state index contributed by atoms with van der Waals surface area (Å²) in [5, 5.41) is 6.42. The van der Waals surface area contributed by atoms with Crippen molar-refractivity contribution >= 4 is 30.5 Å². The summed E-state index contributed by atoms with van der Waals surface area (Å²) >= 11 is 1.56. The van der Waals surface area contributed by atoms with Gasteiger partial charge in [0.25, 0.3) is 8.32 Å². The molecule has 1 heterocycles. The fourth-order valence-corrected chi connectivity index (χ4v) is 11.1. The van der Waals surface area contributed by atoms with Gasteiger partial charge in [0.1, 0.15) is 11.5 Å². The lowest BCUT2D eigenvalue weighted by Gasteiger charge is -2.47. The molecule has 8 heteroatoms. The minimum atomic E-state index is -2.76. The molecule has 3 aromatic rings. The lowest BCUT2D eigenvalue weighted by Crippen LogP contribution is -2.68. The largest absolute Gasteiger partial charge is 0.405 e. The standard InChI is InChI=1S/C31H39N3O3SSi/c1-23-28(33-34-32)30(38-5)37-27(29(23)35-21-24-15-9-6-10-16-24)22-36-39(31(2,3)4,25-17-11-7-12-18-25)26-19-13-8-14-20-26/h6-20,23,27-30H,21-22H2,1-5H3/t23-,27?,28+,29-,30?/m1/s1. The predicted octanol–water partition coefficient (Wildman–Crippen LogP) is 6.55. The molecule has 0 amide bonds. The van der Waals surface area contributed by atoms with Gasteiger partial charge in [0.15, 0.2) is 0 Å². The van der Waals surface area contributed by atoms with Gasteiger partial charge in [-0.15, -0.1) is 11.8 Å². The van der Waals surface area contributed by atoms with E-state index in [1.54, 1.807) is 11.8 Å². The molecule has 5 atom stereocenters. The number of hydrogen-bond donors (Lipinski definition) is 0. The van der Waals surface area contributed by atoms with Crippen LogP contribution in [0, 0.1) is 5.92 Å². The molecule has 0 bridgehead atoms. The lowest BCUT2D eigenvalue weighted by atomic mass is 9.90. The van der Waals surface area contributed by atoms with E-state index in [-0.39, 0.29) is 34.6 Å². The quantitative estimate of drug-likeness (QED) is 0.122. The molecule has 4 rings (SSSR count). The fraction of sp³-hybridized carbons (Fsp3) is 0.419. The predicted molar refractivity (Wildman–Crippen MR) is 163 cm³/mol. The molecule has 3 aromatic carbocycles. The van der Waals surface area contributed by atoms with Crippen molar-refractivity contribution in [3.63, 3.8) is 0 Å². The molecule has 0 aromatic heterocycles. The Balaban J connectivity index is 1.70. The van der Waals surface area contributed by atoms with E-state index in [0.717, 1.165) is 5.56 Å². The van der Waals surface area contributed by atoms with Crippen molar-refractivity contribution in [3.05, 3.63) is 107 Å². The maximum atomic E-state index is 9.29. The summed E-state index contributed by atoms with van der Waals surface area (Å²) in [7, 11) is -2.76. The zero-order valence-electron chi connectivity index (χ0n) is 23.4. The van der Waals surface area contributed by atoms with Crippen LogP contribution in [0.2, 0.25) is 5.04 Å². The van der Waals surface area contributed by atoms with Crippen molar-refractivity contribution in [2.45, 2.75) is 63.0 Å². The van der Waals surface area contributed by atoms with Crippen LogP contribution in [0.4, 0.5) is 0 Å². The lowest BCUT2D eigenvalue weighted by molar-refractivity contribution is -0.163. The van der Waals surface area contributed by atoms with Crippen LogP contribution >= 0.6 is 11.8 Å². The molecule has 1 aliphatic heterocycles. The average Bonchev–Trinajstić information content (AvgIpc) is 2.95. The average molecular weight is 562 g/mol. The van der Waals surface area contributed by atoms with Crippen LogP contribution < -0.4 is 10.4 Å². The van der Waals surface area contributed by atoms with E-state index in [1.165, 1.54) is 10.4 Å². The van der Waals surface area contributed by atoms with Crippen molar-refractivity contribution in [2.24, 2.45) is 11.0 Å². The van der Waals surface area contributed by atoms with E-state index in [9.17, 15) is 5.53 Å². The third kappa shape index (κ3) is 6.43. The van der Waals surface area contributed by atoms with Crippen molar-refractivity contribution in [1.29, 1.82) is 0 Å². The highest BCUT2D eigenvalue weighted by Crippen LogP contribution is 2.39. The first-order valence-electron chi connectivity index (χ1n) is 13.4. The Morgan fingerprint density at radius 1 is 0.923 bits per heavy atom. The third-order valence-electron chi connectivity index (χ3n) is 7.59. The highest BCUT2D eigenvalue weighted by atomic mass is 32.2. The third-order valence-corrected chi connectivity index (χ3v) is 13.5. The van der Waals surface area contributed by atoms with E-state index in [4.69, 9.17) is 13.9 Å². The van der Waals surface area contributed by atoms with Crippen LogP contribution in [-0.2, 0) is 20.5 Å². The Morgan fingerprint density at radius 2 is 1.46 bits per heavy atom. The summed E-state index contributed by atoms with van der Waals surface area (Å²) < 4.78 is 20.4. The maximum Gasteiger partial charge on any atom is 0.261 e. The Kier molecular flexibility index (Phi) is 9.94. The fourth-order valence-electron chi connectivity index (χ4n) is 5.65. The van der Waals surface area contributed by atoms with Crippen LogP contribution in [0.5, 0.6) is 0 Å². The number of hydrogen-bond acceptors (Lipinski definition) is 5. The molecule has 0 spiro atoms. The number of rotatable bonds is 10. The van der Waals surface area contributed by atoms with Crippen molar-refractivity contribution < 1.29 is 13.9 Å². The molecule has 1 aliphatic rings. The van der Waals surface area contributed by atoms with Gasteiger partial charge in [-0.1, -0.05) is 124 Å². The van der Waals surface area contributed by atoms with Crippen molar-refractivity contribution in [2.75, 3.05) is 12.9 Å². The summed E-state index contributed by atoms with van der Waals surface area (Å²) in [6.45, 7) is 9.73. The molecular formula is C31H39N3O3SSi. The number of thioether (sulfide) groups is 1. The van der Waals surface area contributed by atoms with Gasteiger partial charge < -0.3 is 13.9 Å². The van der Waals surface area contributed by atoms with Crippen molar-refractivity contribution in [3.8, 4) is 0 Å². The molecule has 2 unspecified atom stereocenters. The van der Waals surface area contributed by atoms with Crippen LogP contribution in [0.1, 0.15) is 33.3 Å². The van der Waals surface area contributed by atoms with Crippen molar-refractivity contribution in [1.82, 2.24) is 0 Å². The van der Waals surface area contributed by atoms with Crippen LogP contribution in [-0.4, -0.2) is 44.9 Å². The first-order valence-corrected chi connectivity index (χ1v) is 16.6. The second-order valence-electron chi connectivity index (χ2n) is 11.1. The van der Waals surface area contributed by atoms with E-state index in [1.807, 2.05) is 24.5 Å². The van der Waals surface area contributed by atoms with E-state index >= 15 is 0 Å². The minimum absolute atomic E-state index is 0.0523. The summed E-state index contributed by atoms with van der Waals surface area (Å²) in [4.78, 5) is 3.13. The van der Waals surface area contributed by atoms with Crippen LogP contribution in [0.25, 0.3) is 10.4 Å². The number of benzene rings is 3. The van der Waals surface area contributed by atoms with Crippen LogP contribution in [0.15, 0.2) is 96.1 Å². The highest BCUT2D eigenvalue weighted by Gasteiger charge is 2.52. The summed E-state index contributed by atoms with van der Waals surface area (Å²) in [5.74, 6) is -0.0523.